The number of ether oxygens (including phenoxy) is 1. The van der Waals surface area contributed by atoms with E-state index in [4.69, 9.17) is 4.74 Å². The van der Waals surface area contributed by atoms with Gasteiger partial charge in [0.1, 0.15) is 5.75 Å². The second-order valence-electron chi connectivity index (χ2n) is 3.92. The molecule has 1 fully saturated rings. The summed E-state index contributed by atoms with van der Waals surface area (Å²) in [5.74, 6) is 0.824. The van der Waals surface area contributed by atoms with E-state index in [0.29, 0.717) is 0 Å². The van der Waals surface area contributed by atoms with E-state index in [0.717, 1.165) is 30.7 Å². The standard InChI is InChI=1S/C12H17NO2/c1-15-10-6-4-9(5-7-10)12(14)11-3-2-8-13-11/h4-7,11-14H,2-3,8H2,1H3/t11-,12?/m0/s1. The smallest absolute Gasteiger partial charge is 0.118 e. The summed E-state index contributed by atoms with van der Waals surface area (Å²) in [5.41, 5.74) is 0.954. The predicted molar refractivity (Wildman–Crippen MR) is 59.0 cm³/mol. The van der Waals surface area contributed by atoms with Gasteiger partial charge in [-0.15, -0.1) is 0 Å². The third-order valence-electron chi connectivity index (χ3n) is 2.94. The maximum Gasteiger partial charge on any atom is 0.118 e. The first-order valence-corrected chi connectivity index (χ1v) is 5.36. The molecule has 3 nitrogen and oxygen atoms in total. The van der Waals surface area contributed by atoms with Gasteiger partial charge < -0.3 is 15.2 Å². The van der Waals surface area contributed by atoms with Gasteiger partial charge in [0, 0.05) is 6.04 Å². The van der Waals surface area contributed by atoms with E-state index in [2.05, 4.69) is 5.32 Å². The monoisotopic (exact) mass is 207 g/mol. The Labute approximate surface area is 90.1 Å². The molecule has 0 saturated carbocycles. The number of rotatable bonds is 3. The third-order valence-corrected chi connectivity index (χ3v) is 2.94. The highest BCUT2D eigenvalue weighted by Crippen LogP contribution is 2.24. The van der Waals surface area contributed by atoms with Crippen molar-refractivity contribution in [1.29, 1.82) is 0 Å². The Balaban J connectivity index is 2.07. The number of methoxy groups -OCH3 is 1. The molecule has 82 valence electrons. The van der Waals surface area contributed by atoms with Crippen LogP contribution in [0.5, 0.6) is 5.75 Å². The molecule has 0 spiro atoms. The predicted octanol–water partition coefficient (Wildman–Crippen LogP) is 1.48. The van der Waals surface area contributed by atoms with Crippen LogP contribution in [0.3, 0.4) is 0 Å². The van der Waals surface area contributed by atoms with Crippen molar-refractivity contribution in [3.63, 3.8) is 0 Å². The van der Waals surface area contributed by atoms with Gasteiger partial charge >= 0.3 is 0 Å². The third kappa shape index (κ3) is 2.30. The van der Waals surface area contributed by atoms with Crippen LogP contribution in [0.1, 0.15) is 24.5 Å². The number of hydrogen-bond acceptors (Lipinski definition) is 3. The maximum atomic E-state index is 10.1. The molecular weight excluding hydrogens is 190 g/mol. The van der Waals surface area contributed by atoms with Crippen LogP contribution >= 0.6 is 0 Å². The summed E-state index contributed by atoms with van der Waals surface area (Å²) in [7, 11) is 1.64. The van der Waals surface area contributed by atoms with Gasteiger partial charge in [-0.05, 0) is 37.1 Å². The summed E-state index contributed by atoms with van der Waals surface area (Å²) >= 11 is 0. The molecule has 1 aromatic rings. The maximum absolute atomic E-state index is 10.1. The Morgan fingerprint density at radius 2 is 2.13 bits per heavy atom. The average Bonchev–Trinajstić information content (AvgIpc) is 2.82. The molecule has 0 radical (unpaired) electrons. The fourth-order valence-electron chi connectivity index (χ4n) is 2.01. The second kappa shape index (κ2) is 4.64. The van der Waals surface area contributed by atoms with Crippen LogP contribution in [0, 0.1) is 0 Å². The lowest BCUT2D eigenvalue weighted by molar-refractivity contribution is 0.137. The van der Waals surface area contributed by atoms with E-state index in [9.17, 15) is 5.11 Å². The molecule has 1 saturated heterocycles. The Morgan fingerprint density at radius 1 is 1.40 bits per heavy atom. The number of benzene rings is 1. The molecule has 0 aromatic heterocycles. The van der Waals surface area contributed by atoms with Crippen LogP contribution in [0.15, 0.2) is 24.3 Å². The van der Waals surface area contributed by atoms with Crippen molar-refractivity contribution in [3.05, 3.63) is 29.8 Å². The van der Waals surface area contributed by atoms with Gasteiger partial charge in [0.05, 0.1) is 13.2 Å². The molecule has 0 bridgehead atoms. The number of aliphatic hydroxyl groups is 1. The van der Waals surface area contributed by atoms with E-state index in [1.807, 2.05) is 24.3 Å². The minimum Gasteiger partial charge on any atom is -0.497 e. The summed E-state index contributed by atoms with van der Waals surface area (Å²) in [5, 5.41) is 13.4. The van der Waals surface area contributed by atoms with E-state index >= 15 is 0 Å². The summed E-state index contributed by atoms with van der Waals surface area (Å²) < 4.78 is 5.08. The van der Waals surface area contributed by atoms with Crippen molar-refractivity contribution in [2.24, 2.45) is 0 Å². The minimum absolute atomic E-state index is 0.207. The molecule has 0 aliphatic carbocycles. The number of hydrogen-bond donors (Lipinski definition) is 2. The zero-order valence-corrected chi connectivity index (χ0v) is 8.94. The molecule has 1 unspecified atom stereocenters. The second-order valence-corrected chi connectivity index (χ2v) is 3.92. The van der Waals surface area contributed by atoms with Crippen LogP contribution in [-0.4, -0.2) is 24.8 Å². The topological polar surface area (TPSA) is 41.5 Å². The zero-order chi connectivity index (χ0) is 10.7. The van der Waals surface area contributed by atoms with Crippen molar-refractivity contribution in [1.82, 2.24) is 5.32 Å². The number of nitrogens with one attached hydrogen (secondary N) is 1. The zero-order valence-electron chi connectivity index (χ0n) is 8.94. The van der Waals surface area contributed by atoms with Crippen LogP contribution in [0.25, 0.3) is 0 Å². The van der Waals surface area contributed by atoms with Gasteiger partial charge in [-0.25, -0.2) is 0 Å². The lowest BCUT2D eigenvalue weighted by Gasteiger charge is -2.18. The largest absolute Gasteiger partial charge is 0.497 e. The van der Waals surface area contributed by atoms with Crippen molar-refractivity contribution < 1.29 is 9.84 Å². The fraction of sp³-hybridized carbons (Fsp3) is 0.500. The molecule has 2 rings (SSSR count). The number of aliphatic hydroxyl groups excluding tert-OH is 1. The van der Waals surface area contributed by atoms with Crippen molar-refractivity contribution in [2.75, 3.05) is 13.7 Å². The normalized spacial score (nSPS) is 22.7. The van der Waals surface area contributed by atoms with Crippen LogP contribution < -0.4 is 10.1 Å². The molecule has 1 heterocycles. The first-order valence-electron chi connectivity index (χ1n) is 5.36. The Kier molecular flexibility index (Phi) is 3.23. The molecule has 0 amide bonds. The van der Waals surface area contributed by atoms with E-state index < -0.39 is 6.10 Å². The van der Waals surface area contributed by atoms with Crippen LogP contribution in [0.4, 0.5) is 0 Å². The highest BCUT2D eigenvalue weighted by molar-refractivity contribution is 5.29. The van der Waals surface area contributed by atoms with Crippen molar-refractivity contribution in [2.45, 2.75) is 25.0 Å². The summed E-state index contributed by atoms with van der Waals surface area (Å²) in [6.07, 6.45) is 1.80. The Hall–Kier alpha value is -1.06. The van der Waals surface area contributed by atoms with Gasteiger partial charge in [-0.3, -0.25) is 0 Å². The molecule has 15 heavy (non-hydrogen) atoms. The molecular formula is C12H17NO2. The molecule has 2 N–H and O–H groups in total. The highest BCUT2D eigenvalue weighted by Gasteiger charge is 2.23. The fourth-order valence-corrected chi connectivity index (χ4v) is 2.01. The van der Waals surface area contributed by atoms with Gasteiger partial charge in [-0.2, -0.15) is 0 Å². The van der Waals surface area contributed by atoms with Gasteiger partial charge in [0.2, 0.25) is 0 Å². The van der Waals surface area contributed by atoms with Gasteiger partial charge in [0.25, 0.3) is 0 Å². The molecule has 1 aliphatic rings. The molecule has 1 aliphatic heterocycles. The van der Waals surface area contributed by atoms with E-state index in [-0.39, 0.29) is 6.04 Å². The molecule has 1 aromatic carbocycles. The lowest BCUT2D eigenvalue weighted by Crippen LogP contribution is -2.28. The Morgan fingerprint density at radius 3 is 2.67 bits per heavy atom. The first-order chi connectivity index (χ1) is 7.31. The highest BCUT2D eigenvalue weighted by atomic mass is 16.5. The SMILES string of the molecule is COc1ccc(C(O)[C@@H]2CCCN2)cc1. The lowest BCUT2D eigenvalue weighted by atomic mass is 10.0. The quantitative estimate of drug-likeness (QED) is 0.789. The summed E-state index contributed by atoms with van der Waals surface area (Å²) in [6, 6.07) is 7.81. The molecule has 3 heteroatoms. The van der Waals surface area contributed by atoms with Crippen LogP contribution in [0.2, 0.25) is 0 Å². The average molecular weight is 207 g/mol. The van der Waals surface area contributed by atoms with E-state index in [1.165, 1.54) is 0 Å². The minimum atomic E-state index is -0.404. The van der Waals surface area contributed by atoms with E-state index in [1.54, 1.807) is 7.11 Å². The van der Waals surface area contributed by atoms with Gasteiger partial charge in [-0.1, -0.05) is 12.1 Å². The van der Waals surface area contributed by atoms with Crippen molar-refractivity contribution >= 4 is 0 Å². The summed E-state index contributed by atoms with van der Waals surface area (Å²) in [4.78, 5) is 0. The molecule has 2 atom stereocenters. The Bertz CT molecular complexity index is 304. The van der Waals surface area contributed by atoms with Crippen molar-refractivity contribution in [3.8, 4) is 5.75 Å². The first kappa shape index (κ1) is 10.5. The van der Waals surface area contributed by atoms with Gasteiger partial charge in [0.15, 0.2) is 0 Å². The van der Waals surface area contributed by atoms with Crippen LogP contribution in [-0.2, 0) is 0 Å². The summed E-state index contributed by atoms with van der Waals surface area (Å²) in [6.45, 7) is 1.01.